The van der Waals surface area contributed by atoms with Gasteiger partial charge in [0.2, 0.25) is 0 Å². The molecule has 1 aromatic rings. The Balaban J connectivity index is 1.95. The van der Waals surface area contributed by atoms with Crippen LogP contribution in [0.15, 0.2) is 30.3 Å². The zero-order chi connectivity index (χ0) is 15.6. The first-order valence-electron chi connectivity index (χ1n) is 6.90. The molecule has 1 aliphatic rings. The summed E-state index contributed by atoms with van der Waals surface area (Å²) in [4.78, 5) is 13.4. The molecule has 1 fully saturated rings. The average Bonchev–Trinajstić information content (AvgIpc) is 2.33. The lowest BCUT2D eigenvalue weighted by Crippen LogP contribution is -2.60. The van der Waals surface area contributed by atoms with Crippen LogP contribution in [0.2, 0.25) is 0 Å². The molecule has 6 heteroatoms. The molecule has 1 aromatic carbocycles. The number of amides is 2. The topological polar surface area (TPSA) is 52.6 Å². The summed E-state index contributed by atoms with van der Waals surface area (Å²) >= 11 is 0. The van der Waals surface area contributed by atoms with E-state index in [0.29, 0.717) is 18.7 Å². The zero-order valence-corrected chi connectivity index (χ0v) is 12.1. The summed E-state index contributed by atoms with van der Waals surface area (Å²) in [6.45, 7) is 4.11. The van der Waals surface area contributed by atoms with E-state index in [2.05, 4.69) is 5.32 Å². The van der Waals surface area contributed by atoms with Crippen LogP contribution in [0.4, 0.5) is 13.6 Å². The standard InChI is InChI=1S/C15H20F2N2O2/c1-15(2,21)11-8-19(9-11)14(20)18-12(13(16)17)10-6-4-3-5-7-10/h3-7,11-13,21H,8-9H2,1-2H3,(H,18,20). The van der Waals surface area contributed by atoms with Crippen LogP contribution in [0, 0.1) is 5.92 Å². The molecule has 0 bridgehead atoms. The fraction of sp³-hybridized carbons (Fsp3) is 0.533. The molecular formula is C15H20F2N2O2. The normalized spacial score (nSPS) is 17.5. The maximum absolute atomic E-state index is 13.1. The molecule has 4 nitrogen and oxygen atoms in total. The number of nitrogens with one attached hydrogen (secondary N) is 1. The quantitative estimate of drug-likeness (QED) is 0.897. The van der Waals surface area contributed by atoms with Crippen molar-refractivity contribution in [3.8, 4) is 0 Å². The Kier molecular flexibility index (Phi) is 4.46. The van der Waals surface area contributed by atoms with E-state index in [-0.39, 0.29) is 5.92 Å². The Labute approximate surface area is 122 Å². The van der Waals surface area contributed by atoms with Crippen molar-refractivity contribution < 1.29 is 18.7 Å². The van der Waals surface area contributed by atoms with E-state index in [1.807, 2.05) is 0 Å². The molecule has 1 atom stereocenters. The Morgan fingerprint density at radius 3 is 2.38 bits per heavy atom. The number of likely N-dealkylation sites (tertiary alicyclic amines) is 1. The van der Waals surface area contributed by atoms with Crippen LogP contribution in [-0.2, 0) is 0 Å². The van der Waals surface area contributed by atoms with Crippen LogP contribution in [0.3, 0.4) is 0 Å². The summed E-state index contributed by atoms with van der Waals surface area (Å²) in [5.74, 6) is -0.0232. The number of carbonyl (C=O) groups excluding carboxylic acids is 1. The average molecular weight is 298 g/mol. The number of hydrogen-bond donors (Lipinski definition) is 2. The van der Waals surface area contributed by atoms with E-state index in [4.69, 9.17) is 0 Å². The molecule has 2 amide bonds. The number of carbonyl (C=O) groups is 1. The van der Waals surface area contributed by atoms with E-state index in [1.165, 1.54) is 4.90 Å². The van der Waals surface area contributed by atoms with E-state index < -0.39 is 24.1 Å². The second-order valence-electron chi connectivity index (χ2n) is 5.93. The highest BCUT2D eigenvalue weighted by atomic mass is 19.3. The molecule has 0 saturated carbocycles. The van der Waals surface area contributed by atoms with Gasteiger partial charge in [0.1, 0.15) is 6.04 Å². The van der Waals surface area contributed by atoms with Crippen LogP contribution >= 0.6 is 0 Å². The molecule has 0 spiro atoms. The Morgan fingerprint density at radius 2 is 1.90 bits per heavy atom. The van der Waals surface area contributed by atoms with Gasteiger partial charge in [-0.1, -0.05) is 30.3 Å². The molecule has 116 valence electrons. The minimum Gasteiger partial charge on any atom is -0.390 e. The zero-order valence-electron chi connectivity index (χ0n) is 12.1. The van der Waals surface area contributed by atoms with Crippen molar-refractivity contribution in [1.29, 1.82) is 0 Å². The first kappa shape index (κ1) is 15.7. The lowest BCUT2D eigenvalue weighted by atomic mass is 9.85. The van der Waals surface area contributed by atoms with Gasteiger partial charge in [0.25, 0.3) is 6.43 Å². The number of alkyl halides is 2. The molecule has 0 aromatic heterocycles. The number of halogens is 2. The van der Waals surface area contributed by atoms with Gasteiger partial charge < -0.3 is 15.3 Å². The second-order valence-corrected chi connectivity index (χ2v) is 5.93. The number of hydrogen-bond acceptors (Lipinski definition) is 2. The van der Waals surface area contributed by atoms with Crippen LogP contribution in [0.1, 0.15) is 25.5 Å². The van der Waals surface area contributed by atoms with Gasteiger partial charge in [-0.05, 0) is 19.4 Å². The molecule has 0 aliphatic carbocycles. The van der Waals surface area contributed by atoms with Crippen LogP contribution in [0.25, 0.3) is 0 Å². The highest BCUT2D eigenvalue weighted by Crippen LogP contribution is 2.28. The van der Waals surface area contributed by atoms with Crippen molar-refractivity contribution in [3.05, 3.63) is 35.9 Å². The summed E-state index contributed by atoms with van der Waals surface area (Å²) in [6.07, 6.45) is -2.68. The van der Waals surface area contributed by atoms with E-state index >= 15 is 0 Å². The van der Waals surface area contributed by atoms with E-state index in [0.717, 1.165) is 0 Å². The fourth-order valence-corrected chi connectivity index (χ4v) is 2.27. The minimum absolute atomic E-state index is 0.0232. The van der Waals surface area contributed by atoms with Gasteiger partial charge >= 0.3 is 6.03 Å². The predicted molar refractivity (Wildman–Crippen MR) is 75.1 cm³/mol. The number of benzene rings is 1. The van der Waals surface area contributed by atoms with Crippen molar-refractivity contribution in [2.24, 2.45) is 5.92 Å². The smallest absolute Gasteiger partial charge is 0.318 e. The van der Waals surface area contributed by atoms with Gasteiger partial charge in [-0.2, -0.15) is 0 Å². The summed E-state index contributed by atoms with van der Waals surface area (Å²) in [6, 6.07) is 6.33. The lowest BCUT2D eigenvalue weighted by molar-refractivity contribution is -0.0468. The third-order valence-electron chi connectivity index (χ3n) is 3.86. The third-order valence-corrected chi connectivity index (χ3v) is 3.86. The molecule has 1 unspecified atom stereocenters. The van der Waals surface area contributed by atoms with Crippen LogP contribution < -0.4 is 5.32 Å². The molecule has 1 aliphatic heterocycles. The lowest BCUT2D eigenvalue weighted by Gasteiger charge is -2.45. The Morgan fingerprint density at radius 1 is 1.33 bits per heavy atom. The number of rotatable bonds is 4. The van der Waals surface area contributed by atoms with Gasteiger partial charge in [-0.25, -0.2) is 13.6 Å². The summed E-state index contributed by atoms with van der Waals surface area (Å²) in [5.41, 5.74) is -0.487. The molecule has 21 heavy (non-hydrogen) atoms. The summed E-state index contributed by atoms with van der Waals surface area (Å²) in [7, 11) is 0. The highest BCUT2D eigenvalue weighted by Gasteiger charge is 2.40. The SMILES string of the molecule is CC(C)(O)C1CN(C(=O)NC(c2ccccc2)C(F)F)C1. The summed E-state index contributed by atoms with van der Waals surface area (Å²) < 4.78 is 26.2. The fourth-order valence-electron chi connectivity index (χ4n) is 2.27. The monoisotopic (exact) mass is 298 g/mol. The highest BCUT2D eigenvalue weighted by molar-refractivity contribution is 5.75. The molecule has 2 rings (SSSR count). The van der Waals surface area contributed by atoms with Crippen molar-refractivity contribution in [2.45, 2.75) is 31.9 Å². The van der Waals surface area contributed by atoms with Gasteiger partial charge in [0.05, 0.1) is 5.60 Å². The first-order valence-corrected chi connectivity index (χ1v) is 6.90. The largest absolute Gasteiger partial charge is 0.390 e. The molecule has 0 radical (unpaired) electrons. The molecule has 2 N–H and O–H groups in total. The third kappa shape index (κ3) is 3.69. The van der Waals surface area contributed by atoms with E-state index in [1.54, 1.807) is 44.2 Å². The number of aliphatic hydroxyl groups is 1. The van der Waals surface area contributed by atoms with Crippen molar-refractivity contribution in [3.63, 3.8) is 0 Å². The Bertz CT molecular complexity index is 482. The van der Waals surface area contributed by atoms with Crippen molar-refractivity contribution in [1.82, 2.24) is 10.2 Å². The van der Waals surface area contributed by atoms with E-state index in [9.17, 15) is 18.7 Å². The Hall–Kier alpha value is -1.69. The van der Waals surface area contributed by atoms with Crippen LogP contribution in [0.5, 0.6) is 0 Å². The maximum Gasteiger partial charge on any atom is 0.318 e. The second kappa shape index (κ2) is 5.97. The molecule has 1 heterocycles. The minimum atomic E-state index is -2.68. The number of nitrogens with zero attached hydrogens (tertiary/aromatic N) is 1. The molecular weight excluding hydrogens is 278 g/mol. The van der Waals surface area contributed by atoms with Gasteiger partial charge in [-0.15, -0.1) is 0 Å². The maximum atomic E-state index is 13.1. The van der Waals surface area contributed by atoms with Gasteiger partial charge in [0, 0.05) is 19.0 Å². The van der Waals surface area contributed by atoms with Crippen molar-refractivity contribution >= 4 is 6.03 Å². The van der Waals surface area contributed by atoms with Crippen LogP contribution in [-0.4, -0.2) is 41.2 Å². The predicted octanol–water partition coefficient (Wildman–Crippen LogP) is 2.41. The number of urea groups is 1. The van der Waals surface area contributed by atoms with Crippen molar-refractivity contribution in [2.75, 3.05) is 13.1 Å². The van der Waals surface area contributed by atoms with Gasteiger partial charge in [-0.3, -0.25) is 0 Å². The first-order chi connectivity index (χ1) is 9.79. The molecule has 1 saturated heterocycles. The summed E-state index contributed by atoms with van der Waals surface area (Å²) in [5, 5.41) is 12.2. The van der Waals surface area contributed by atoms with Gasteiger partial charge in [0.15, 0.2) is 0 Å².